The van der Waals surface area contributed by atoms with E-state index in [1.165, 1.54) is 4.90 Å². The molecule has 0 unspecified atom stereocenters. The van der Waals surface area contributed by atoms with Gasteiger partial charge in [0.15, 0.2) is 11.5 Å². The number of hydrogen-bond donors (Lipinski definition) is 2. The van der Waals surface area contributed by atoms with Crippen LogP contribution in [0.3, 0.4) is 0 Å². The highest BCUT2D eigenvalue weighted by atomic mass is 16.6. The fourth-order valence-corrected chi connectivity index (χ4v) is 6.19. The zero-order chi connectivity index (χ0) is 26.6. The van der Waals surface area contributed by atoms with E-state index in [0.717, 1.165) is 5.56 Å². The molecule has 8 nitrogen and oxygen atoms in total. The maximum Gasteiger partial charge on any atom is 0.313 e. The van der Waals surface area contributed by atoms with E-state index in [-0.39, 0.29) is 11.8 Å². The van der Waals surface area contributed by atoms with Crippen LogP contribution in [-0.4, -0.2) is 36.1 Å². The van der Waals surface area contributed by atoms with E-state index in [2.05, 4.69) is 5.32 Å². The Morgan fingerprint density at radius 2 is 1.74 bits per heavy atom. The summed E-state index contributed by atoms with van der Waals surface area (Å²) in [4.78, 5) is 41.4. The first-order valence-corrected chi connectivity index (χ1v) is 12.9. The smallest absolute Gasteiger partial charge is 0.313 e. The van der Waals surface area contributed by atoms with E-state index < -0.39 is 23.3 Å². The van der Waals surface area contributed by atoms with Gasteiger partial charge in [0.05, 0.1) is 11.5 Å². The molecular formula is C30H28N2O6. The second kappa shape index (κ2) is 8.90. The van der Waals surface area contributed by atoms with E-state index >= 15 is 0 Å². The first-order valence-electron chi connectivity index (χ1n) is 12.9. The number of carboxylic acid groups (broad SMARTS) is 1. The Labute approximate surface area is 220 Å². The summed E-state index contributed by atoms with van der Waals surface area (Å²) in [6.45, 7) is 4.80. The van der Waals surface area contributed by atoms with Gasteiger partial charge in [0.25, 0.3) is 5.91 Å². The van der Waals surface area contributed by atoms with Gasteiger partial charge in [-0.3, -0.25) is 19.3 Å². The maximum absolute atomic E-state index is 14.1. The number of nitrogens with zero attached hydrogens (tertiary/aromatic N) is 1. The minimum Gasteiger partial charge on any atom is -0.486 e. The standard InChI is InChI=1S/C30H28N2O6/c1-3-30(4-2)21-11-10-18(16-22(21)31-29(30)36)32-26(17-9-12-23-24(15-17)38-14-13-37-23)25(28(34)35)19-7-5-6-8-20(19)27(32)33/h5-12,15-16,25-26H,3-4,13-14H2,1-2H3,(H,31,36)(H,34,35)/t25-,26+/m0/s1. The zero-order valence-electron chi connectivity index (χ0n) is 21.2. The highest BCUT2D eigenvalue weighted by Gasteiger charge is 2.47. The first-order chi connectivity index (χ1) is 18.4. The molecule has 6 rings (SSSR count). The largest absolute Gasteiger partial charge is 0.486 e. The van der Waals surface area contributed by atoms with Gasteiger partial charge in [0.1, 0.15) is 19.1 Å². The third kappa shape index (κ3) is 3.40. The Morgan fingerprint density at radius 3 is 2.47 bits per heavy atom. The fourth-order valence-electron chi connectivity index (χ4n) is 6.19. The molecule has 0 aliphatic carbocycles. The minimum atomic E-state index is -1.04. The monoisotopic (exact) mass is 512 g/mol. The molecule has 0 bridgehead atoms. The van der Waals surface area contributed by atoms with E-state index in [0.29, 0.717) is 65.6 Å². The van der Waals surface area contributed by atoms with E-state index in [1.54, 1.807) is 48.5 Å². The van der Waals surface area contributed by atoms with Gasteiger partial charge in [-0.05, 0) is 59.9 Å². The van der Waals surface area contributed by atoms with Gasteiger partial charge >= 0.3 is 5.97 Å². The molecule has 0 fully saturated rings. The molecule has 0 spiro atoms. The van der Waals surface area contributed by atoms with Gasteiger partial charge in [-0.1, -0.05) is 44.2 Å². The first kappa shape index (κ1) is 24.0. The second-order valence-corrected chi connectivity index (χ2v) is 9.90. The van der Waals surface area contributed by atoms with Gasteiger partial charge in [-0.25, -0.2) is 0 Å². The average Bonchev–Trinajstić information content (AvgIpc) is 3.22. The number of rotatable bonds is 5. The molecule has 0 saturated carbocycles. The number of nitrogens with one attached hydrogen (secondary N) is 1. The van der Waals surface area contributed by atoms with E-state index in [1.807, 2.05) is 26.0 Å². The second-order valence-electron chi connectivity index (χ2n) is 9.90. The lowest BCUT2D eigenvalue weighted by Crippen LogP contribution is -2.45. The Kier molecular flexibility index (Phi) is 5.63. The zero-order valence-corrected chi connectivity index (χ0v) is 21.2. The number of carbonyl (C=O) groups is 3. The van der Waals surface area contributed by atoms with Crippen LogP contribution in [0.25, 0.3) is 0 Å². The SMILES string of the molecule is CCC1(CC)C(=O)Nc2cc(N3C(=O)c4ccccc4[C@H](C(=O)O)[C@H]3c3ccc4c(c3)OCCO4)ccc21. The summed E-state index contributed by atoms with van der Waals surface area (Å²) in [5, 5.41) is 13.5. The van der Waals surface area contributed by atoms with Gasteiger partial charge < -0.3 is 19.9 Å². The number of aliphatic carboxylic acids is 1. The van der Waals surface area contributed by atoms with Crippen molar-refractivity contribution in [3.63, 3.8) is 0 Å². The number of anilines is 2. The number of carboxylic acids is 1. The summed E-state index contributed by atoms with van der Waals surface area (Å²) in [7, 11) is 0. The lowest BCUT2D eigenvalue weighted by molar-refractivity contribution is -0.139. The summed E-state index contributed by atoms with van der Waals surface area (Å²) in [6.07, 6.45) is 1.30. The van der Waals surface area contributed by atoms with Crippen molar-refractivity contribution in [2.75, 3.05) is 23.4 Å². The Morgan fingerprint density at radius 1 is 1.00 bits per heavy atom. The molecule has 3 aromatic carbocycles. The van der Waals surface area contributed by atoms with Crippen molar-refractivity contribution in [2.45, 2.75) is 44.1 Å². The molecular weight excluding hydrogens is 484 g/mol. The quantitative estimate of drug-likeness (QED) is 0.496. The van der Waals surface area contributed by atoms with Crippen LogP contribution in [0.2, 0.25) is 0 Å². The lowest BCUT2D eigenvalue weighted by Gasteiger charge is -2.41. The lowest BCUT2D eigenvalue weighted by atomic mass is 9.76. The number of amides is 2. The summed E-state index contributed by atoms with van der Waals surface area (Å²) >= 11 is 0. The third-order valence-corrected chi connectivity index (χ3v) is 8.20. The fraction of sp³-hybridized carbons (Fsp3) is 0.300. The van der Waals surface area contributed by atoms with Crippen LogP contribution in [0, 0.1) is 0 Å². The highest BCUT2D eigenvalue weighted by molar-refractivity contribution is 6.12. The molecule has 194 valence electrons. The van der Waals surface area contributed by atoms with Gasteiger partial charge in [-0.15, -0.1) is 0 Å². The van der Waals surface area contributed by atoms with Crippen LogP contribution in [0.15, 0.2) is 60.7 Å². The van der Waals surface area contributed by atoms with Crippen LogP contribution in [-0.2, 0) is 15.0 Å². The number of carbonyl (C=O) groups excluding carboxylic acids is 2. The summed E-state index contributed by atoms with van der Waals surface area (Å²) in [5.74, 6) is -1.34. The van der Waals surface area contributed by atoms with Gasteiger partial charge in [0, 0.05) is 16.9 Å². The van der Waals surface area contributed by atoms with Gasteiger partial charge in [0.2, 0.25) is 5.91 Å². The molecule has 3 aliphatic heterocycles. The maximum atomic E-state index is 14.1. The van der Waals surface area contributed by atoms with Crippen molar-refractivity contribution in [2.24, 2.45) is 0 Å². The molecule has 3 aliphatic rings. The topological polar surface area (TPSA) is 105 Å². The van der Waals surface area contributed by atoms with Crippen LogP contribution in [0.4, 0.5) is 11.4 Å². The van der Waals surface area contributed by atoms with Crippen molar-refractivity contribution in [3.05, 3.63) is 82.9 Å². The van der Waals surface area contributed by atoms with Gasteiger partial charge in [-0.2, -0.15) is 0 Å². The average molecular weight is 513 g/mol. The molecule has 2 amide bonds. The van der Waals surface area contributed by atoms with Crippen molar-refractivity contribution in [1.82, 2.24) is 0 Å². The number of hydrogen-bond acceptors (Lipinski definition) is 5. The Balaban J connectivity index is 1.55. The predicted molar refractivity (Wildman–Crippen MR) is 141 cm³/mol. The third-order valence-electron chi connectivity index (χ3n) is 8.20. The summed E-state index contributed by atoms with van der Waals surface area (Å²) in [6, 6.07) is 16.8. The van der Waals surface area contributed by atoms with Crippen molar-refractivity contribution < 1.29 is 29.0 Å². The molecule has 0 saturated heterocycles. The molecule has 8 heteroatoms. The van der Waals surface area contributed by atoms with E-state index in [4.69, 9.17) is 9.47 Å². The molecule has 2 N–H and O–H groups in total. The van der Waals surface area contributed by atoms with Crippen molar-refractivity contribution >= 4 is 29.2 Å². The molecule has 3 heterocycles. The van der Waals surface area contributed by atoms with Crippen LogP contribution in [0.1, 0.15) is 65.7 Å². The molecule has 3 aromatic rings. The molecule has 0 radical (unpaired) electrons. The highest BCUT2D eigenvalue weighted by Crippen LogP contribution is 2.49. The minimum absolute atomic E-state index is 0.0586. The summed E-state index contributed by atoms with van der Waals surface area (Å²) < 4.78 is 11.5. The predicted octanol–water partition coefficient (Wildman–Crippen LogP) is 5.04. The normalized spacial score (nSPS) is 20.9. The van der Waals surface area contributed by atoms with Crippen LogP contribution >= 0.6 is 0 Å². The van der Waals surface area contributed by atoms with Crippen molar-refractivity contribution in [3.8, 4) is 11.5 Å². The number of fused-ring (bicyclic) bond motifs is 3. The number of ether oxygens (including phenoxy) is 2. The number of benzene rings is 3. The Hall–Kier alpha value is -4.33. The molecule has 2 atom stereocenters. The summed E-state index contributed by atoms with van der Waals surface area (Å²) in [5.41, 5.74) is 2.86. The molecule has 0 aromatic heterocycles. The van der Waals surface area contributed by atoms with E-state index in [9.17, 15) is 19.5 Å². The van der Waals surface area contributed by atoms with Crippen molar-refractivity contribution in [1.29, 1.82) is 0 Å². The Bertz CT molecular complexity index is 1480. The van der Waals surface area contributed by atoms with Crippen LogP contribution < -0.4 is 19.7 Å². The molecule has 38 heavy (non-hydrogen) atoms. The van der Waals surface area contributed by atoms with Crippen LogP contribution in [0.5, 0.6) is 11.5 Å².